The number of nitrogens with zero attached hydrogens (tertiary/aromatic N) is 5. The first-order chi connectivity index (χ1) is 13.3. The first-order valence-corrected chi connectivity index (χ1v) is 9.23. The van der Waals surface area contributed by atoms with Crippen molar-refractivity contribution >= 4 is 34.3 Å². The maximum absolute atomic E-state index is 13.5. The highest BCUT2D eigenvalue weighted by molar-refractivity contribution is 6.13. The zero-order valence-electron chi connectivity index (χ0n) is 15.1. The van der Waals surface area contributed by atoms with Gasteiger partial charge in [0.1, 0.15) is 11.4 Å². The number of para-hydroxylation sites is 1. The summed E-state index contributed by atoms with van der Waals surface area (Å²) >= 11 is 0. The number of hydrogen-bond donors (Lipinski definition) is 1. The van der Waals surface area contributed by atoms with E-state index in [0.717, 1.165) is 41.8 Å². The van der Waals surface area contributed by atoms with Crippen molar-refractivity contribution in [1.82, 2.24) is 15.0 Å². The van der Waals surface area contributed by atoms with Gasteiger partial charge in [-0.1, -0.05) is 18.2 Å². The van der Waals surface area contributed by atoms with Crippen LogP contribution in [-0.2, 0) is 0 Å². The topological polar surface area (TPSA) is 74.2 Å². The number of pyridine rings is 1. The number of hydrogen-bond acceptors (Lipinski definition) is 6. The fourth-order valence-electron chi connectivity index (χ4n) is 4.12. The van der Waals surface area contributed by atoms with Gasteiger partial charge < -0.3 is 15.1 Å². The summed E-state index contributed by atoms with van der Waals surface area (Å²) in [7, 11) is 1.79. The van der Waals surface area contributed by atoms with Crippen LogP contribution in [0.15, 0.2) is 42.7 Å². The third kappa shape index (κ3) is 2.50. The smallest absolute Gasteiger partial charge is 0.263 e. The van der Waals surface area contributed by atoms with Crippen molar-refractivity contribution in [1.29, 1.82) is 0 Å². The Morgan fingerprint density at radius 1 is 1.19 bits per heavy atom. The SMILES string of the molecule is CNc1ncc2c(n1)N1CCC[C@H]1CN(c1cccc3cccnc13)C2=O. The Morgan fingerprint density at radius 3 is 2.96 bits per heavy atom. The van der Waals surface area contributed by atoms with Crippen LogP contribution in [0.3, 0.4) is 0 Å². The molecule has 27 heavy (non-hydrogen) atoms. The molecule has 0 spiro atoms. The predicted molar refractivity (Wildman–Crippen MR) is 105 cm³/mol. The molecular weight excluding hydrogens is 340 g/mol. The lowest BCUT2D eigenvalue weighted by Gasteiger charge is -2.27. The van der Waals surface area contributed by atoms with E-state index in [-0.39, 0.29) is 11.9 Å². The fourth-order valence-corrected chi connectivity index (χ4v) is 4.12. The molecule has 2 aliphatic heterocycles. The zero-order chi connectivity index (χ0) is 18.4. The van der Waals surface area contributed by atoms with Gasteiger partial charge in [-0.25, -0.2) is 4.98 Å². The third-order valence-electron chi connectivity index (χ3n) is 5.41. The second-order valence-electron chi connectivity index (χ2n) is 6.94. The summed E-state index contributed by atoms with van der Waals surface area (Å²) in [6.07, 6.45) is 5.55. The molecule has 7 heteroatoms. The Morgan fingerprint density at radius 2 is 2.07 bits per heavy atom. The van der Waals surface area contributed by atoms with Crippen molar-refractivity contribution in [2.75, 3.05) is 35.3 Å². The quantitative estimate of drug-likeness (QED) is 0.757. The maximum Gasteiger partial charge on any atom is 0.263 e. The molecule has 2 aliphatic rings. The van der Waals surface area contributed by atoms with Gasteiger partial charge in [0.2, 0.25) is 5.95 Å². The summed E-state index contributed by atoms with van der Waals surface area (Å²) in [6, 6.07) is 10.1. The number of amides is 1. The van der Waals surface area contributed by atoms with E-state index in [1.807, 2.05) is 35.2 Å². The molecule has 1 aromatic carbocycles. The minimum absolute atomic E-state index is 0.0693. The molecule has 4 heterocycles. The Balaban J connectivity index is 1.69. The van der Waals surface area contributed by atoms with Crippen molar-refractivity contribution in [2.24, 2.45) is 0 Å². The van der Waals surface area contributed by atoms with Crippen molar-refractivity contribution < 1.29 is 4.79 Å². The second-order valence-corrected chi connectivity index (χ2v) is 6.94. The molecule has 1 atom stereocenters. The van der Waals surface area contributed by atoms with E-state index < -0.39 is 0 Å². The average molecular weight is 360 g/mol. The molecule has 0 bridgehead atoms. The number of benzene rings is 1. The fraction of sp³-hybridized carbons (Fsp3) is 0.300. The molecule has 1 saturated heterocycles. The predicted octanol–water partition coefficient (Wildman–Crippen LogP) is 2.70. The van der Waals surface area contributed by atoms with Gasteiger partial charge in [0.15, 0.2) is 0 Å². The standard InChI is InChI=1S/C20H20N6O/c1-21-20-23-11-15-18(24-20)25-10-4-7-14(25)12-26(19(15)27)16-8-2-5-13-6-3-9-22-17(13)16/h2-3,5-6,8-9,11,14H,4,7,10,12H2,1H3,(H,21,23,24)/t14-/m0/s1. The van der Waals surface area contributed by atoms with Gasteiger partial charge in [0.05, 0.1) is 11.2 Å². The normalized spacial score (nSPS) is 19.0. The van der Waals surface area contributed by atoms with Crippen LogP contribution in [0, 0.1) is 0 Å². The van der Waals surface area contributed by atoms with E-state index in [1.54, 1.807) is 19.4 Å². The van der Waals surface area contributed by atoms with E-state index in [2.05, 4.69) is 25.2 Å². The van der Waals surface area contributed by atoms with E-state index in [4.69, 9.17) is 0 Å². The first-order valence-electron chi connectivity index (χ1n) is 9.23. The van der Waals surface area contributed by atoms with E-state index in [9.17, 15) is 4.79 Å². The van der Waals surface area contributed by atoms with Gasteiger partial charge in [-0.2, -0.15) is 4.98 Å². The zero-order valence-corrected chi connectivity index (χ0v) is 15.1. The largest absolute Gasteiger partial charge is 0.357 e. The molecule has 1 amide bonds. The van der Waals surface area contributed by atoms with E-state index in [1.165, 1.54) is 0 Å². The number of carbonyl (C=O) groups is 1. The molecule has 7 nitrogen and oxygen atoms in total. The number of anilines is 3. The summed E-state index contributed by atoms with van der Waals surface area (Å²) in [6.45, 7) is 1.53. The Hall–Kier alpha value is -3.22. The number of nitrogens with one attached hydrogen (secondary N) is 1. The summed E-state index contributed by atoms with van der Waals surface area (Å²) in [5, 5.41) is 4.00. The lowest BCUT2D eigenvalue weighted by atomic mass is 10.1. The number of carbonyl (C=O) groups excluding carboxylic acids is 1. The van der Waals surface area contributed by atoms with Crippen LogP contribution in [0.25, 0.3) is 10.9 Å². The van der Waals surface area contributed by atoms with E-state index in [0.29, 0.717) is 18.1 Å². The van der Waals surface area contributed by atoms with Crippen molar-refractivity contribution in [3.63, 3.8) is 0 Å². The van der Waals surface area contributed by atoms with Crippen molar-refractivity contribution in [3.8, 4) is 0 Å². The molecule has 1 N–H and O–H groups in total. The summed E-state index contributed by atoms with van der Waals surface area (Å²) in [5.41, 5.74) is 2.23. The first kappa shape index (κ1) is 16.0. The van der Waals surface area contributed by atoms with Gasteiger partial charge in [0, 0.05) is 44.0 Å². The monoisotopic (exact) mass is 360 g/mol. The molecule has 0 radical (unpaired) electrons. The molecule has 5 rings (SSSR count). The third-order valence-corrected chi connectivity index (χ3v) is 5.41. The van der Waals surface area contributed by atoms with Gasteiger partial charge in [0.25, 0.3) is 5.91 Å². The van der Waals surface area contributed by atoms with Crippen LogP contribution < -0.4 is 15.1 Å². The molecule has 136 valence electrons. The summed E-state index contributed by atoms with van der Waals surface area (Å²) in [4.78, 5) is 31.0. The Labute approximate surface area is 157 Å². The number of aromatic nitrogens is 3. The highest BCUT2D eigenvalue weighted by Crippen LogP contribution is 2.35. The van der Waals surface area contributed by atoms with Crippen molar-refractivity contribution in [3.05, 3.63) is 48.3 Å². The van der Waals surface area contributed by atoms with Crippen LogP contribution >= 0.6 is 0 Å². The van der Waals surface area contributed by atoms with E-state index >= 15 is 0 Å². The van der Waals surface area contributed by atoms with Gasteiger partial charge in [-0.05, 0) is 25.0 Å². The lowest BCUT2D eigenvalue weighted by molar-refractivity contribution is 0.0988. The molecule has 2 aromatic heterocycles. The molecule has 0 unspecified atom stereocenters. The molecule has 3 aromatic rings. The highest BCUT2D eigenvalue weighted by atomic mass is 16.2. The van der Waals surface area contributed by atoms with Gasteiger partial charge in [-0.15, -0.1) is 0 Å². The number of rotatable bonds is 2. The highest BCUT2D eigenvalue weighted by Gasteiger charge is 2.37. The van der Waals surface area contributed by atoms with Gasteiger partial charge >= 0.3 is 0 Å². The Kier molecular flexibility index (Phi) is 3.67. The lowest BCUT2D eigenvalue weighted by Crippen LogP contribution is -2.40. The maximum atomic E-state index is 13.5. The minimum Gasteiger partial charge on any atom is -0.357 e. The molecule has 0 aliphatic carbocycles. The second kappa shape index (κ2) is 6.19. The van der Waals surface area contributed by atoms with Crippen LogP contribution in [0.1, 0.15) is 23.2 Å². The van der Waals surface area contributed by atoms with Gasteiger partial charge in [-0.3, -0.25) is 9.78 Å². The van der Waals surface area contributed by atoms with Crippen molar-refractivity contribution in [2.45, 2.75) is 18.9 Å². The van der Waals surface area contributed by atoms with Crippen LogP contribution in [0.2, 0.25) is 0 Å². The Bertz CT molecular complexity index is 1030. The number of fused-ring (bicyclic) bond motifs is 4. The van der Waals surface area contributed by atoms with Crippen LogP contribution in [-0.4, -0.2) is 47.0 Å². The summed E-state index contributed by atoms with van der Waals surface area (Å²) in [5.74, 6) is 1.20. The summed E-state index contributed by atoms with van der Waals surface area (Å²) < 4.78 is 0. The molecule has 1 fully saturated rings. The molecule has 0 saturated carbocycles. The van der Waals surface area contributed by atoms with Crippen LogP contribution in [0.5, 0.6) is 0 Å². The van der Waals surface area contributed by atoms with Crippen LogP contribution in [0.4, 0.5) is 17.5 Å². The average Bonchev–Trinajstić information content (AvgIpc) is 3.15. The molecular formula is C20H20N6O. The minimum atomic E-state index is -0.0693.